The number of likely N-dealkylation sites (tertiary alicyclic amines) is 1. The van der Waals surface area contributed by atoms with Crippen LogP contribution in [-0.2, 0) is 15.7 Å². The minimum Gasteiger partial charge on any atom is -0.487 e. The number of dihydropyridines is 1. The van der Waals surface area contributed by atoms with E-state index in [9.17, 15) is 22.8 Å². The van der Waals surface area contributed by atoms with Crippen molar-refractivity contribution in [2.75, 3.05) is 27.4 Å². The van der Waals surface area contributed by atoms with Crippen molar-refractivity contribution in [3.63, 3.8) is 0 Å². The van der Waals surface area contributed by atoms with Gasteiger partial charge in [0.05, 0.1) is 29.9 Å². The molecule has 2 aliphatic rings. The Labute approximate surface area is 290 Å². The van der Waals surface area contributed by atoms with Gasteiger partial charge < -0.3 is 19.9 Å². The number of methoxy groups -OCH3 is 1. The predicted molar refractivity (Wildman–Crippen MR) is 186 cm³/mol. The van der Waals surface area contributed by atoms with Crippen LogP contribution in [0.5, 0.6) is 0 Å². The van der Waals surface area contributed by atoms with Gasteiger partial charge in [0.2, 0.25) is 0 Å². The Balaban J connectivity index is 0.00000409. The summed E-state index contributed by atoms with van der Waals surface area (Å²) in [4.78, 5) is 25.1. The lowest BCUT2D eigenvalue weighted by Crippen LogP contribution is -2.34. The monoisotopic (exact) mass is 704 g/mol. The van der Waals surface area contributed by atoms with Crippen molar-refractivity contribution >= 4 is 29.8 Å². The molecular formula is C36H44ClF3N4O5. The molecular weight excluding hydrogens is 661 g/mol. The first kappa shape index (κ1) is 40.6. The van der Waals surface area contributed by atoms with Crippen LogP contribution in [0, 0.1) is 11.8 Å². The molecule has 0 aliphatic carbocycles. The molecule has 0 saturated carbocycles. The van der Waals surface area contributed by atoms with Crippen molar-refractivity contribution < 1.29 is 37.3 Å². The number of aliphatic hydroxyl groups excluding tert-OH is 1. The van der Waals surface area contributed by atoms with E-state index in [2.05, 4.69) is 37.1 Å². The number of rotatable bonds is 11. The molecule has 0 bridgehead atoms. The van der Waals surface area contributed by atoms with Gasteiger partial charge in [0.25, 0.3) is 0 Å². The number of aromatic nitrogens is 2. The summed E-state index contributed by atoms with van der Waals surface area (Å²) in [7, 11) is 2.36. The summed E-state index contributed by atoms with van der Waals surface area (Å²) in [6.07, 6.45) is 11.2. The number of allylic oxidation sites excluding steroid dienone is 8. The summed E-state index contributed by atoms with van der Waals surface area (Å²) in [5.41, 5.74) is 1.10. The lowest BCUT2D eigenvalue weighted by atomic mass is 9.87. The molecule has 3 rings (SSSR count). The van der Waals surface area contributed by atoms with Gasteiger partial charge in [-0.15, -0.1) is 0 Å². The molecule has 0 radical (unpaired) electrons. The Morgan fingerprint density at radius 2 is 1.92 bits per heavy atom. The molecule has 3 atom stereocenters. The average molecular weight is 705 g/mol. The highest BCUT2D eigenvalue weighted by molar-refractivity contribution is 6.31. The van der Waals surface area contributed by atoms with Crippen LogP contribution in [0.25, 0.3) is 5.82 Å². The molecule has 13 heteroatoms. The number of alkyl halides is 3. The zero-order chi connectivity index (χ0) is 36.9. The van der Waals surface area contributed by atoms with Crippen LogP contribution < -0.4 is 5.32 Å². The average Bonchev–Trinajstić information content (AvgIpc) is 3.46. The fourth-order valence-electron chi connectivity index (χ4n) is 5.50. The second kappa shape index (κ2) is 18.8. The number of amides is 1. The van der Waals surface area contributed by atoms with Gasteiger partial charge in [0.1, 0.15) is 18.2 Å². The van der Waals surface area contributed by atoms with E-state index in [0.29, 0.717) is 34.5 Å². The zero-order valence-electron chi connectivity index (χ0n) is 28.4. The van der Waals surface area contributed by atoms with Gasteiger partial charge in [-0.1, -0.05) is 80.8 Å². The maximum Gasteiger partial charge on any atom is 0.434 e. The minimum atomic E-state index is -4.82. The Hall–Kier alpha value is -4.55. The number of aldehydes is 1. The molecule has 2 N–H and O–H groups in total. The summed E-state index contributed by atoms with van der Waals surface area (Å²) in [6.45, 7) is 18.5. The number of hydrogen-bond donors (Lipinski definition) is 2. The molecule has 9 nitrogen and oxygen atoms in total. The first-order valence-electron chi connectivity index (χ1n) is 15.4. The van der Waals surface area contributed by atoms with E-state index in [1.165, 1.54) is 13.2 Å². The molecule has 1 saturated heterocycles. The van der Waals surface area contributed by atoms with Gasteiger partial charge >= 0.3 is 12.3 Å². The number of nitrogens with one attached hydrogen (secondary N) is 1. The van der Waals surface area contributed by atoms with Crippen LogP contribution in [0.1, 0.15) is 49.7 Å². The highest BCUT2D eigenvalue weighted by Gasteiger charge is 2.39. The standard InChI is InChI=1S/C35H40ClF3N4O4.CH4O/c1-8-11-29(30-12-10-13-31(41-30)43-33(35(37,38)39)28(20-44)18-40-43)32(25(6)36)47-21-22(3)14-15-26(9-2)27-16-23(4)19-42(24(5)17-27)34(45)46-7;1-2/h8-15,18,20,23,27,30,41H,3,5-6,16-17,19,21H2,1-2,4,7H3;2H,1H3/b11-8-,15-14-,26-9+,32-29-;. The molecule has 2 aliphatic heterocycles. The summed E-state index contributed by atoms with van der Waals surface area (Å²) < 4.78 is 53.1. The van der Waals surface area contributed by atoms with Crippen molar-refractivity contribution in [2.24, 2.45) is 11.8 Å². The van der Waals surface area contributed by atoms with Gasteiger partial charge in [-0.2, -0.15) is 18.3 Å². The number of hydrogen-bond acceptors (Lipinski definition) is 7. The third kappa shape index (κ3) is 10.7. The van der Waals surface area contributed by atoms with Crippen LogP contribution in [0.2, 0.25) is 0 Å². The molecule has 3 heterocycles. The number of halogens is 4. The van der Waals surface area contributed by atoms with Gasteiger partial charge in [-0.3, -0.25) is 9.69 Å². The Morgan fingerprint density at radius 3 is 2.49 bits per heavy atom. The fourth-order valence-corrected chi connectivity index (χ4v) is 5.66. The zero-order valence-corrected chi connectivity index (χ0v) is 29.1. The summed E-state index contributed by atoms with van der Waals surface area (Å²) in [5, 5.41) is 13.9. The lowest BCUT2D eigenvalue weighted by Gasteiger charge is -2.26. The summed E-state index contributed by atoms with van der Waals surface area (Å²) >= 11 is 6.39. The van der Waals surface area contributed by atoms with Gasteiger partial charge in [-0.05, 0) is 55.7 Å². The maximum atomic E-state index is 13.8. The Morgan fingerprint density at radius 1 is 1.22 bits per heavy atom. The molecule has 0 spiro atoms. The summed E-state index contributed by atoms with van der Waals surface area (Å²) in [5.74, 6) is 0.564. The number of ether oxygens (including phenoxy) is 2. The minimum absolute atomic E-state index is 0.00379. The SMILES string of the molecule is C=C(/C=C\C(=C/C)C1CC(=C)N(C(=O)OC)CC(C)C1)CO/C(C(=C)Cl)=C(/C=C\C)C1C=CC=C(n2ncc(C=O)c2C(F)(F)F)N1.CO. The van der Waals surface area contributed by atoms with Crippen LogP contribution in [-0.4, -0.2) is 65.6 Å². The molecule has 1 aromatic heterocycles. The maximum absolute atomic E-state index is 13.8. The summed E-state index contributed by atoms with van der Waals surface area (Å²) in [6, 6.07) is -0.685. The van der Waals surface area contributed by atoms with Gasteiger partial charge in [0, 0.05) is 24.9 Å². The van der Waals surface area contributed by atoms with Crippen molar-refractivity contribution in [2.45, 2.75) is 45.8 Å². The van der Waals surface area contributed by atoms with E-state index in [0.717, 1.165) is 25.3 Å². The quantitative estimate of drug-likeness (QED) is 0.137. The third-order valence-electron chi connectivity index (χ3n) is 7.63. The largest absolute Gasteiger partial charge is 0.487 e. The molecule has 0 aromatic carbocycles. The van der Waals surface area contributed by atoms with Crippen molar-refractivity contribution in [1.29, 1.82) is 0 Å². The van der Waals surface area contributed by atoms with E-state index in [1.807, 2.05) is 25.2 Å². The predicted octanol–water partition coefficient (Wildman–Crippen LogP) is 7.94. The second-order valence-corrected chi connectivity index (χ2v) is 11.6. The highest BCUT2D eigenvalue weighted by atomic mass is 35.5. The van der Waals surface area contributed by atoms with Crippen LogP contribution >= 0.6 is 11.6 Å². The number of carbonyl (C=O) groups excluding carboxylic acids is 2. The molecule has 3 unspecified atom stereocenters. The first-order chi connectivity index (χ1) is 23.2. The number of aliphatic hydroxyl groups is 1. The molecule has 1 aromatic rings. The normalized spacial score (nSPS) is 20.5. The Kier molecular flexibility index (Phi) is 15.6. The lowest BCUT2D eigenvalue weighted by molar-refractivity contribution is -0.143. The number of nitrogens with zero attached hydrogens (tertiary/aromatic N) is 3. The number of carbonyl (C=O) groups is 2. The smallest absolute Gasteiger partial charge is 0.434 e. The van der Waals surface area contributed by atoms with E-state index < -0.39 is 29.6 Å². The second-order valence-electron chi connectivity index (χ2n) is 11.2. The molecule has 49 heavy (non-hydrogen) atoms. The van der Waals surface area contributed by atoms with Gasteiger partial charge in [0.15, 0.2) is 12.0 Å². The van der Waals surface area contributed by atoms with E-state index in [4.69, 9.17) is 26.2 Å². The third-order valence-corrected chi connectivity index (χ3v) is 7.80. The van der Waals surface area contributed by atoms with Crippen molar-refractivity contribution in [1.82, 2.24) is 20.0 Å². The van der Waals surface area contributed by atoms with Crippen molar-refractivity contribution in [3.8, 4) is 0 Å². The van der Waals surface area contributed by atoms with E-state index >= 15 is 0 Å². The van der Waals surface area contributed by atoms with E-state index in [-0.39, 0.29) is 41.3 Å². The molecule has 266 valence electrons. The van der Waals surface area contributed by atoms with Crippen molar-refractivity contribution in [3.05, 3.63) is 119 Å². The molecule has 1 amide bonds. The topological polar surface area (TPSA) is 106 Å². The van der Waals surface area contributed by atoms with Crippen LogP contribution in [0.3, 0.4) is 0 Å². The molecule has 1 fully saturated rings. The van der Waals surface area contributed by atoms with Crippen LogP contribution in [0.15, 0.2) is 108 Å². The van der Waals surface area contributed by atoms with Gasteiger partial charge in [-0.25, -0.2) is 9.48 Å². The first-order valence-corrected chi connectivity index (χ1v) is 15.7. The highest BCUT2D eigenvalue weighted by Crippen LogP contribution is 2.35. The van der Waals surface area contributed by atoms with E-state index in [1.54, 1.807) is 36.1 Å². The van der Waals surface area contributed by atoms with Crippen LogP contribution in [0.4, 0.5) is 18.0 Å². The fraction of sp³-hybridized carbons (Fsp3) is 0.361. The Bertz CT molecular complexity index is 1580.